The molecule has 1 aromatic carbocycles. The molecule has 0 saturated carbocycles. The van der Waals surface area contributed by atoms with E-state index in [1.807, 2.05) is 0 Å². The Morgan fingerprint density at radius 3 is 2.70 bits per heavy atom. The molecule has 6 heteroatoms. The molecular weight excluding hydrogens is 261 g/mol. The molecule has 20 heavy (non-hydrogen) atoms. The molecular formula is C14H16FN3O2. The van der Waals surface area contributed by atoms with Crippen LogP contribution in [-0.4, -0.2) is 18.5 Å². The Labute approximate surface area is 116 Å². The standard InChI is InChI=1S/C14H16FN3O2/c1-3-20-13(19)11-8(2)17-14(16)18-12(11)9-4-6-10(15)7-5-9/h4-7,12H,3H2,1-2H3,(H3,16,17,18). The van der Waals surface area contributed by atoms with Gasteiger partial charge in [0.15, 0.2) is 5.96 Å². The summed E-state index contributed by atoms with van der Waals surface area (Å²) in [6, 6.07) is 5.21. The second kappa shape index (κ2) is 5.73. The van der Waals surface area contributed by atoms with Gasteiger partial charge in [-0.05, 0) is 31.5 Å². The molecule has 1 aliphatic heterocycles. The van der Waals surface area contributed by atoms with Crippen LogP contribution in [0.5, 0.6) is 0 Å². The normalized spacial score (nSPS) is 18.4. The Morgan fingerprint density at radius 1 is 1.45 bits per heavy atom. The zero-order valence-electron chi connectivity index (χ0n) is 11.3. The van der Waals surface area contributed by atoms with Crippen LogP contribution in [0.1, 0.15) is 25.5 Å². The Hall–Kier alpha value is -2.37. The van der Waals surface area contributed by atoms with E-state index in [1.165, 1.54) is 12.1 Å². The SMILES string of the molecule is CCOC(=O)C1=C(C)NC(N)=NC1c1ccc(F)cc1. The monoisotopic (exact) mass is 277 g/mol. The van der Waals surface area contributed by atoms with Crippen LogP contribution in [0, 0.1) is 5.82 Å². The maximum Gasteiger partial charge on any atom is 0.338 e. The van der Waals surface area contributed by atoms with Gasteiger partial charge in [-0.2, -0.15) is 0 Å². The fraction of sp³-hybridized carbons (Fsp3) is 0.286. The summed E-state index contributed by atoms with van der Waals surface area (Å²) in [5.74, 6) is -0.592. The zero-order valence-corrected chi connectivity index (χ0v) is 11.3. The summed E-state index contributed by atoms with van der Waals surface area (Å²) in [7, 11) is 0. The van der Waals surface area contributed by atoms with Crippen LogP contribution >= 0.6 is 0 Å². The number of guanidine groups is 1. The van der Waals surface area contributed by atoms with E-state index in [2.05, 4.69) is 10.3 Å². The summed E-state index contributed by atoms with van der Waals surface area (Å²) in [6.45, 7) is 3.73. The van der Waals surface area contributed by atoms with Gasteiger partial charge in [-0.3, -0.25) is 0 Å². The first-order valence-electron chi connectivity index (χ1n) is 6.26. The summed E-state index contributed by atoms with van der Waals surface area (Å²) in [4.78, 5) is 16.3. The molecule has 1 aromatic rings. The highest BCUT2D eigenvalue weighted by Gasteiger charge is 2.29. The van der Waals surface area contributed by atoms with Crippen molar-refractivity contribution < 1.29 is 13.9 Å². The molecule has 0 spiro atoms. The predicted molar refractivity (Wildman–Crippen MR) is 73.2 cm³/mol. The number of hydrogen-bond donors (Lipinski definition) is 2. The van der Waals surface area contributed by atoms with E-state index in [0.717, 1.165) is 0 Å². The van der Waals surface area contributed by atoms with Crippen molar-refractivity contribution >= 4 is 11.9 Å². The lowest BCUT2D eigenvalue weighted by molar-refractivity contribution is -0.138. The summed E-state index contributed by atoms with van der Waals surface area (Å²) in [5, 5.41) is 2.81. The van der Waals surface area contributed by atoms with Gasteiger partial charge in [0, 0.05) is 5.70 Å². The van der Waals surface area contributed by atoms with E-state index in [9.17, 15) is 9.18 Å². The van der Waals surface area contributed by atoms with E-state index in [1.54, 1.807) is 26.0 Å². The Kier molecular flexibility index (Phi) is 4.02. The van der Waals surface area contributed by atoms with Crippen LogP contribution in [0.3, 0.4) is 0 Å². The first-order valence-corrected chi connectivity index (χ1v) is 6.26. The Morgan fingerprint density at radius 2 is 2.10 bits per heavy atom. The smallest absolute Gasteiger partial charge is 0.338 e. The molecule has 1 aliphatic rings. The number of nitrogens with zero attached hydrogens (tertiary/aromatic N) is 1. The van der Waals surface area contributed by atoms with Gasteiger partial charge in [-0.25, -0.2) is 14.2 Å². The summed E-state index contributed by atoms with van der Waals surface area (Å²) in [6.07, 6.45) is 0. The fourth-order valence-corrected chi connectivity index (χ4v) is 2.06. The van der Waals surface area contributed by atoms with E-state index >= 15 is 0 Å². The van der Waals surface area contributed by atoms with Gasteiger partial charge in [0.25, 0.3) is 0 Å². The Bertz CT molecular complexity index is 579. The maximum absolute atomic E-state index is 13.0. The van der Waals surface area contributed by atoms with E-state index in [4.69, 9.17) is 10.5 Å². The average Bonchev–Trinajstić information content (AvgIpc) is 2.38. The molecule has 1 atom stereocenters. The van der Waals surface area contributed by atoms with Crippen molar-refractivity contribution in [3.8, 4) is 0 Å². The molecule has 0 saturated heterocycles. The number of carbonyl (C=O) groups is 1. The number of nitrogens with one attached hydrogen (secondary N) is 1. The van der Waals surface area contributed by atoms with Crippen LogP contribution < -0.4 is 11.1 Å². The number of ether oxygens (including phenoxy) is 1. The third-order valence-corrected chi connectivity index (χ3v) is 2.94. The lowest BCUT2D eigenvalue weighted by Gasteiger charge is -2.24. The molecule has 0 amide bonds. The highest BCUT2D eigenvalue weighted by Crippen LogP contribution is 2.30. The number of aliphatic imine (C=N–C) groups is 1. The highest BCUT2D eigenvalue weighted by atomic mass is 19.1. The summed E-state index contributed by atoms with van der Waals surface area (Å²) in [5.41, 5.74) is 7.35. The number of carbonyl (C=O) groups excluding carboxylic acids is 1. The third-order valence-electron chi connectivity index (χ3n) is 2.94. The molecule has 106 valence electrons. The minimum absolute atomic E-state index is 0.213. The number of benzene rings is 1. The quantitative estimate of drug-likeness (QED) is 0.823. The number of esters is 1. The van der Waals surface area contributed by atoms with E-state index in [0.29, 0.717) is 16.8 Å². The molecule has 0 aliphatic carbocycles. The second-order valence-electron chi connectivity index (χ2n) is 4.35. The van der Waals surface area contributed by atoms with Gasteiger partial charge in [0.05, 0.1) is 12.2 Å². The molecule has 1 heterocycles. The molecule has 2 rings (SSSR count). The molecule has 5 nitrogen and oxygen atoms in total. The molecule has 0 aromatic heterocycles. The molecule has 0 fully saturated rings. The van der Waals surface area contributed by atoms with Crippen molar-refractivity contribution in [3.63, 3.8) is 0 Å². The van der Waals surface area contributed by atoms with Gasteiger partial charge in [-0.1, -0.05) is 12.1 Å². The van der Waals surface area contributed by atoms with Crippen LogP contribution in [0.25, 0.3) is 0 Å². The van der Waals surface area contributed by atoms with Crippen LogP contribution in [0.2, 0.25) is 0 Å². The summed E-state index contributed by atoms with van der Waals surface area (Å²) >= 11 is 0. The van der Waals surface area contributed by atoms with Crippen LogP contribution in [0.4, 0.5) is 4.39 Å². The number of nitrogens with two attached hydrogens (primary N) is 1. The molecule has 3 N–H and O–H groups in total. The van der Waals surface area contributed by atoms with Gasteiger partial charge >= 0.3 is 5.97 Å². The van der Waals surface area contributed by atoms with Crippen molar-refractivity contribution in [2.24, 2.45) is 10.7 Å². The molecule has 0 radical (unpaired) electrons. The lowest BCUT2D eigenvalue weighted by Crippen LogP contribution is -2.37. The van der Waals surface area contributed by atoms with Crippen molar-refractivity contribution in [1.29, 1.82) is 0 Å². The van der Waals surface area contributed by atoms with Crippen LogP contribution in [-0.2, 0) is 9.53 Å². The number of allylic oxidation sites excluding steroid dienone is 1. The van der Waals surface area contributed by atoms with Gasteiger partial charge in [-0.15, -0.1) is 0 Å². The predicted octanol–water partition coefficient (Wildman–Crippen LogP) is 1.62. The van der Waals surface area contributed by atoms with Crippen molar-refractivity contribution in [1.82, 2.24) is 5.32 Å². The zero-order chi connectivity index (χ0) is 14.7. The number of hydrogen-bond acceptors (Lipinski definition) is 5. The Balaban J connectivity index is 2.42. The van der Waals surface area contributed by atoms with Crippen molar-refractivity contribution in [3.05, 3.63) is 46.9 Å². The first kappa shape index (κ1) is 14.0. The van der Waals surface area contributed by atoms with Gasteiger partial charge < -0.3 is 15.8 Å². The molecule has 1 unspecified atom stereocenters. The average molecular weight is 277 g/mol. The van der Waals surface area contributed by atoms with Gasteiger partial charge in [0.1, 0.15) is 11.9 Å². The second-order valence-corrected chi connectivity index (χ2v) is 4.35. The first-order chi connectivity index (χ1) is 9.52. The highest BCUT2D eigenvalue weighted by molar-refractivity contribution is 5.94. The maximum atomic E-state index is 13.0. The number of rotatable bonds is 3. The van der Waals surface area contributed by atoms with E-state index in [-0.39, 0.29) is 18.4 Å². The van der Waals surface area contributed by atoms with Gasteiger partial charge in [0.2, 0.25) is 0 Å². The lowest BCUT2D eigenvalue weighted by atomic mass is 9.96. The minimum atomic E-state index is -0.587. The van der Waals surface area contributed by atoms with Crippen molar-refractivity contribution in [2.75, 3.05) is 6.61 Å². The summed E-state index contributed by atoms with van der Waals surface area (Å²) < 4.78 is 18.0. The number of halogens is 1. The fourth-order valence-electron chi connectivity index (χ4n) is 2.06. The topological polar surface area (TPSA) is 76.7 Å². The largest absolute Gasteiger partial charge is 0.463 e. The molecule has 0 bridgehead atoms. The third kappa shape index (κ3) is 2.79. The van der Waals surface area contributed by atoms with E-state index < -0.39 is 12.0 Å². The van der Waals surface area contributed by atoms with Crippen LogP contribution in [0.15, 0.2) is 40.5 Å². The minimum Gasteiger partial charge on any atom is -0.463 e. The van der Waals surface area contributed by atoms with Crippen molar-refractivity contribution in [2.45, 2.75) is 19.9 Å².